The Kier molecular flexibility index (Phi) is 7.58. The number of halogens is 4. The number of aromatic nitrogens is 3. The number of nitrogens with one attached hydrogen (secondary N) is 2. The van der Waals surface area contributed by atoms with Crippen LogP contribution in [0.4, 0.5) is 24.5 Å². The van der Waals surface area contributed by atoms with Gasteiger partial charge in [-0.05, 0) is 43.7 Å². The molecule has 0 radical (unpaired) electrons. The molecule has 8 nitrogen and oxygen atoms in total. The first kappa shape index (κ1) is 26.9. The predicted octanol–water partition coefficient (Wildman–Crippen LogP) is 4.87. The molecular weight excluding hydrogens is 523 g/mol. The summed E-state index contributed by atoms with van der Waals surface area (Å²) < 4.78 is 41.3. The molecule has 2 N–H and O–H groups in total. The van der Waals surface area contributed by atoms with Gasteiger partial charge in [0.1, 0.15) is 12.4 Å². The number of fused-ring (bicyclic) bond motifs is 1. The molecule has 0 fully saturated rings. The number of alkyl halides is 4. The molecule has 0 saturated heterocycles. The number of imidazole rings is 1. The molecule has 198 valence electrons. The molecule has 0 atom stereocenters. The molecule has 4 aromatic rings. The number of rotatable bonds is 7. The van der Waals surface area contributed by atoms with Crippen LogP contribution in [-0.2, 0) is 28.7 Å². The van der Waals surface area contributed by atoms with E-state index in [1.165, 1.54) is 16.5 Å². The maximum absolute atomic E-state index is 13.6. The molecule has 0 saturated carbocycles. The fraction of sp³-hybridized carbons (Fsp3) is 0.231. The molecule has 2 amide bonds. The summed E-state index contributed by atoms with van der Waals surface area (Å²) in [5, 5.41) is 5.26. The van der Waals surface area contributed by atoms with Gasteiger partial charge in [0.25, 0.3) is 5.56 Å². The second kappa shape index (κ2) is 10.7. The largest absolute Gasteiger partial charge is 0.416 e. The van der Waals surface area contributed by atoms with Gasteiger partial charge in [-0.25, -0.2) is 4.98 Å². The molecule has 38 heavy (non-hydrogen) atoms. The number of hydrogen-bond acceptors (Lipinski definition) is 4. The first-order valence-corrected chi connectivity index (χ1v) is 12.1. The Labute approximate surface area is 220 Å². The summed E-state index contributed by atoms with van der Waals surface area (Å²) in [6.45, 7) is 3.32. The molecule has 0 spiro atoms. The van der Waals surface area contributed by atoms with E-state index >= 15 is 0 Å². The first-order chi connectivity index (χ1) is 18.0. The number of nitrogens with zero attached hydrogens (tertiary/aromatic N) is 3. The molecular formula is C26H23ClF3N5O3. The van der Waals surface area contributed by atoms with E-state index in [0.29, 0.717) is 34.6 Å². The third-order valence-electron chi connectivity index (χ3n) is 5.88. The van der Waals surface area contributed by atoms with Crippen LogP contribution in [0.5, 0.6) is 0 Å². The van der Waals surface area contributed by atoms with E-state index in [2.05, 4.69) is 15.6 Å². The number of aryl methyl sites for hydroxylation is 2. The zero-order valence-electron chi connectivity index (χ0n) is 20.4. The highest BCUT2D eigenvalue weighted by atomic mass is 35.5. The van der Waals surface area contributed by atoms with Gasteiger partial charge in [0.05, 0.1) is 16.8 Å². The lowest BCUT2D eigenvalue weighted by molar-refractivity contribution is -0.137. The average molecular weight is 546 g/mol. The van der Waals surface area contributed by atoms with Crippen LogP contribution >= 0.6 is 11.6 Å². The van der Waals surface area contributed by atoms with Crippen molar-refractivity contribution in [3.8, 4) is 11.1 Å². The maximum atomic E-state index is 13.6. The van der Waals surface area contributed by atoms with Gasteiger partial charge < -0.3 is 15.2 Å². The molecule has 0 aliphatic rings. The SMILES string of the molecule is CCc1nc2n(CC(=O)Nc3ccc(C(F)(F)F)cc3)c(C)cn2c(=O)c1-c1ccccc1NC(=O)CCl. The van der Waals surface area contributed by atoms with Crippen LogP contribution < -0.4 is 16.2 Å². The minimum atomic E-state index is -4.48. The van der Waals surface area contributed by atoms with Gasteiger partial charge in [-0.2, -0.15) is 13.2 Å². The van der Waals surface area contributed by atoms with E-state index < -0.39 is 23.6 Å². The van der Waals surface area contributed by atoms with Crippen LogP contribution in [0.1, 0.15) is 23.9 Å². The van der Waals surface area contributed by atoms with Crippen molar-refractivity contribution >= 4 is 40.6 Å². The van der Waals surface area contributed by atoms with E-state index in [4.69, 9.17) is 11.6 Å². The van der Waals surface area contributed by atoms with Crippen molar-refractivity contribution in [2.45, 2.75) is 33.0 Å². The highest BCUT2D eigenvalue weighted by molar-refractivity contribution is 6.29. The summed E-state index contributed by atoms with van der Waals surface area (Å²) >= 11 is 5.64. The lowest BCUT2D eigenvalue weighted by Crippen LogP contribution is -2.23. The molecule has 0 unspecified atom stereocenters. The summed E-state index contributed by atoms with van der Waals surface area (Å²) in [6, 6.07) is 10.9. The number of carbonyl (C=O) groups is 2. The van der Waals surface area contributed by atoms with Crippen molar-refractivity contribution < 1.29 is 22.8 Å². The van der Waals surface area contributed by atoms with Crippen LogP contribution in [0.2, 0.25) is 0 Å². The van der Waals surface area contributed by atoms with Gasteiger partial charge in [0, 0.05) is 28.8 Å². The molecule has 2 aromatic heterocycles. The molecule has 0 bridgehead atoms. The molecule has 0 aliphatic carbocycles. The quantitative estimate of drug-likeness (QED) is 0.324. The van der Waals surface area contributed by atoms with E-state index in [-0.39, 0.29) is 29.4 Å². The monoisotopic (exact) mass is 545 g/mol. The second-order valence-corrected chi connectivity index (χ2v) is 8.74. The Morgan fingerprint density at radius 1 is 1.03 bits per heavy atom. The molecule has 12 heteroatoms. The van der Waals surface area contributed by atoms with Crippen molar-refractivity contribution in [3.63, 3.8) is 0 Å². The number of benzene rings is 2. The van der Waals surface area contributed by atoms with Gasteiger partial charge in [-0.3, -0.25) is 18.8 Å². The summed E-state index contributed by atoms with van der Waals surface area (Å²) in [7, 11) is 0. The number of para-hydroxylation sites is 1. The van der Waals surface area contributed by atoms with Crippen molar-refractivity contribution in [1.82, 2.24) is 14.0 Å². The number of amides is 2. The van der Waals surface area contributed by atoms with Crippen molar-refractivity contribution in [1.29, 1.82) is 0 Å². The zero-order chi connectivity index (χ0) is 27.6. The fourth-order valence-electron chi connectivity index (χ4n) is 4.09. The first-order valence-electron chi connectivity index (χ1n) is 11.6. The van der Waals surface area contributed by atoms with Crippen LogP contribution in [0.15, 0.2) is 59.5 Å². The number of hydrogen-bond donors (Lipinski definition) is 2. The van der Waals surface area contributed by atoms with Crippen molar-refractivity contribution in [3.05, 3.63) is 82.0 Å². The number of carbonyl (C=O) groups excluding carboxylic acids is 2. The van der Waals surface area contributed by atoms with Gasteiger partial charge in [0.15, 0.2) is 0 Å². The van der Waals surface area contributed by atoms with Gasteiger partial charge in [0.2, 0.25) is 17.6 Å². The minimum absolute atomic E-state index is 0.203. The summed E-state index contributed by atoms with van der Waals surface area (Å²) in [4.78, 5) is 43.0. The lowest BCUT2D eigenvalue weighted by Gasteiger charge is -2.14. The lowest BCUT2D eigenvalue weighted by atomic mass is 10.0. The summed E-state index contributed by atoms with van der Waals surface area (Å²) in [5.74, 6) is -0.941. The maximum Gasteiger partial charge on any atom is 0.416 e. The molecule has 2 aromatic carbocycles. The smallest absolute Gasteiger partial charge is 0.325 e. The average Bonchev–Trinajstić information content (AvgIpc) is 3.19. The topological polar surface area (TPSA) is 97.5 Å². The van der Waals surface area contributed by atoms with E-state index in [9.17, 15) is 27.6 Å². The fourth-order valence-corrected chi connectivity index (χ4v) is 4.16. The van der Waals surface area contributed by atoms with Gasteiger partial charge in [-0.15, -0.1) is 11.6 Å². The van der Waals surface area contributed by atoms with Crippen LogP contribution in [-0.4, -0.2) is 31.6 Å². The van der Waals surface area contributed by atoms with Gasteiger partial charge >= 0.3 is 6.18 Å². The number of anilines is 2. The van der Waals surface area contributed by atoms with Crippen molar-refractivity contribution in [2.24, 2.45) is 0 Å². The molecule has 4 rings (SSSR count). The molecule has 0 aliphatic heterocycles. The Morgan fingerprint density at radius 2 is 1.71 bits per heavy atom. The standard InChI is InChI=1S/C26H23ClF3N5O3/c1-3-19-23(18-6-4-5-7-20(18)32-21(36)12-27)24(38)35-13-15(2)34(25(35)33-19)14-22(37)31-17-10-8-16(9-11-17)26(28,29)30/h4-11,13H,3,12,14H2,1-2H3,(H,31,37)(H,32,36). The van der Waals surface area contributed by atoms with Crippen molar-refractivity contribution in [2.75, 3.05) is 16.5 Å². The Morgan fingerprint density at radius 3 is 2.34 bits per heavy atom. The summed E-state index contributed by atoms with van der Waals surface area (Å²) in [6.07, 6.45) is -2.53. The predicted molar refractivity (Wildman–Crippen MR) is 138 cm³/mol. The second-order valence-electron chi connectivity index (χ2n) is 8.47. The molecule has 2 heterocycles. The zero-order valence-corrected chi connectivity index (χ0v) is 21.2. The van der Waals surface area contributed by atoms with E-state index in [1.54, 1.807) is 42.0 Å². The minimum Gasteiger partial charge on any atom is -0.325 e. The van der Waals surface area contributed by atoms with Crippen LogP contribution in [0.25, 0.3) is 16.9 Å². The van der Waals surface area contributed by atoms with E-state index in [1.807, 2.05) is 6.92 Å². The highest BCUT2D eigenvalue weighted by Gasteiger charge is 2.30. The Bertz CT molecular complexity index is 1580. The van der Waals surface area contributed by atoms with Gasteiger partial charge in [-0.1, -0.05) is 25.1 Å². The van der Waals surface area contributed by atoms with Crippen LogP contribution in [0, 0.1) is 6.92 Å². The third kappa shape index (κ3) is 5.42. The Hall–Kier alpha value is -4.12. The Balaban J connectivity index is 1.70. The normalized spacial score (nSPS) is 11.5. The summed E-state index contributed by atoms with van der Waals surface area (Å²) in [5.41, 5.74) is 1.24. The van der Waals surface area contributed by atoms with E-state index in [0.717, 1.165) is 12.1 Å². The highest BCUT2D eigenvalue weighted by Crippen LogP contribution is 2.30. The van der Waals surface area contributed by atoms with Crippen LogP contribution in [0.3, 0.4) is 0 Å². The third-order valence-corrected chi connectivity index (χ3v) is 6.12.